The summed E-state index contributed by atoms with van der Waals surface area (Å²) in [7, 11) is 0. The van der Waals surface area contributed by atoms with Crippen molar-refractivity contribution in [3.8, 4) is 0 Å². The molecule has 0 radical (unpaired) electrons. The van der Waals surface area contributed by atoms with Gasteiger partial charge in [-0.05, 0) is 12.8 Å². The van der Waals surface area contributed by atoms with Gasteiger partial charge in [0, 0.05) is 5.92 Å². The summed E-state index contributed by atoms with van der Waals surface area (Å²) in [5.74, 6) is -0.319. The molecular weight excluding hydrogens is 184 g/mol. The normalized spacial score (nSPS) is 44.4. The van der Waals surface area contributed by atoms with Crippen LogP contribution in [0.3, 0.4) is 0 Å². The average molecular weight is 204 g/mol. The Kier molecular flexibility index (Phi) is 3.89. The van der Waals surface area contributed by atoms with E-state index >= 15 is 0 Å². The van der Waals surface area contributed by atoms with Crippen LogP contribution < -0.4 is 0 Å². The van der Waals surface area contributed by atoms with Crippen molar-refractivity contribution >= 4 is 0 Å². The summed E-state index contributed by atoms with van der Waals surface area (Å²) in [6.45, 7) is 5.45. The predicted molar refractivity (Wildman–Crippen MR) is 51.8 cm³/mol. The first kappa shape index (κ1) is 11.9. The number of rotatable bonds is 2. The summed E-state index contributed by atoms with van der Waals surface area (Å²) in [6, 6.07) is 0. The highest BCUT2D eigenvalue weighted by molar-refractivity contribution is 4.91. The van der Waals surface area contributed by atoms with Gasteiger partial charge in [-0.15, -0.1) is 0 Å². The minimum absolute atomic E-state index is 0.175. The summed E-state index contributed by atoms with van der Waals surface area (Å²) in [5.41, 5.74) is 0. The van der Waals surface area contributed by atoms with Gasteiger partial charge in [0.15, 0.2) is 0 Å². The molecule has 0 spiro atoms. The van der Waals surface area contributed by atoms with E-state index in [0.717, 1.165) is 0 Å². The Morgan fingerprint density at radius 3 is 2.21 bits per heavy atom. The minimum atomic E-state index is -0.787. The van der Waals surface area contributed by atoms with E-state index < -0.39 is 18.1 Å². The van der Waals surface area contributed by atoms with Crippen molar-refractivity contribution in [2.45, 2.75) is 45.2 Å². The Morgan fingerprint density at radius 2 is 1.79 bits per heavy atom. The molecule has 4 heteroatoms. The fourth-order valence-electron chi connectivity index (χ4n) is 1.97. The average Bonchev–Trinajstić information content (AvgIpc) is 2.12. The number of hydrogen-bond acceptors (Lipinski definition) is 4. The van der Waals surface area contributed by atoms with Gasteiger partial charge in [0.2, 0.25) is 0 Å². The van der Waals surface area contributed by atoms with Crippen LogP contribution in [0.2, 0.25) is 0 Å². The maximum Gasteiger partial charge on any atom is 0.0880 e. The van der Waals surface area contributed by atoms with Crippen LogP contribution in [0.4, 0.5) is 0 Å². The lowest BCUT2D eigenvalue weighted by atomic mass is 9.83. The SMILES string of the molecule is CC(C)C1OC(C)C(O)C(CO)C1O. The summed E-state index contributed by atoms with van der Waals surface area (Å²) in [4.78, 5) is 0. The largest absolute Gasteiger partial charge is 0.396 e. The van der Waals surface area contributed by atoms with Crippen molar-refractivity contribution in [1.29, 1.82) is 0 Å². The van der Waals surface area contributed by atoms with Crippen LogP contribution in [0, 0.1) is 11.8 Å². The molecule has 0 aromatic heterocycles. The van der Waals surface area contributed by atoms with E-state index in [-0.39, 0.29) is 24.7 Å². The van der Waals surface area contributed by atoms with Crippen LogP contribution in [-0.2, 0) is 4.74 Å². The molecule has 0 aromatic carbocycles. The zero-order valence-electron chi connectivity index (χ0n) is 8.92. The molecule has 5 atom stereocenters. The summed E-state index contributed by atoms with van der Waals surface area (Å²) in [5, 5.41) is 28.6. The van der Waals surface area contributed by atoms with E-state index in [1.807, 2.05) is 13.8 Å². The Labute approximate surface area is 84.5 Å². The van der Waals surface area contributed by atoms with Gasteiger partial charge in [0.25, 0.3) is 0 Å². The zero-order chi connectivity index (χ0) is 10.9. The lowest BCUT2D eigenvalue weighted by Crippen LogP contribution is -2.55. The standard InChI is InChI=1S/C10H20O4/c1-5(2)10-9(13)7(4-11)8(12)6(3)14-10/h5-13H,4H2,1-3H3. The number of aliphatic hydroxyl groups excluding tert-OH is 3. The first-order valence-corrected chi connectivity index (χ1v) is 5.11. The molecule has 0 bridgehead atoms. The third kappa shape index (κ3) is 2.08. The van der Waals surface area contributed by atoms with Gasteiger partial charge in [-0.2, -0.15) is 0 Å². The Morgan fingerprint density at radius 1 is 1.21 bits per heavy atom. The van der Waals surface area contributed by atoms with E-state index in [4.69, 9.17) is 9.84 Å². The van der Waals surface area contributed by atoms with E-state index in [1.165, 1.54) is 0 Å². The predicted octanol–water partition coefficient (Wildman–Crippen LogP) is -0.240. The molecule has 1 heterocycles. The van der Waals surface area contributed by atoms with Gasteiger partial charge in [-0.3, -0.25) is 0 Å². The maximum absolute atomic E-state index is 9.84. The Bertz CT molecular complexity index is 181. The van der Waals surface area contributed by atoms with Crippen LogP contribution in [-0.4, -0.2) is 46.3 Å². The van der Waals surface area contributed by atoms with Crippen LogP contribution in [0.1, 0.15) is 20.8 Å². The van der Waals surface area contributed by atoms with Crippen LogP contribution >= 0.6 is 0 Å². The minimum Gasteiger partial charge on any atom is -0.396 e. The topological polar surface area (TPSA) is 69.9 Å². The highest BCUT2D eigenvalue weighted by Crippen LogP contribution is 2.29. The number of hydrogen-bond donors (Lipinski definition) is 3. The second-order valence-corrected chi connectivity index (χ2v) is 4.38. The Balaban J connectivity index is 2.75. The first-order chi connectivity index (χ1) is 6.49. The second kappa shape index (κ2) is 4.57. The highest BCUT2D eigenvalue weighted by atomic mass is 16.5. The second-order valence-electron chi connectivity index (χ2n) is 4.38. The van der Waals surface area contributed by atoms with Gasteiger partial charge in [0.1, 0.15) is 0 Å². The molecule has 1 aliphatic heterocycles. The molecule has 0 saturated carbocycles. The van der Waals surface area contributed by atoms with Gasteiger partial charge in [-0.1, -0.05) is 13.8 Å². The molecule has 1 fully saturated rings. The molecular formula is C10H20O4. The van der Waals surface area contributed by atoms with Gasteiger partial charge in [0.05, 0.1) is 31.0 Å². The fourth-order valence-corrected chi connectivity index (χ4v) is 1.97. The molecule has 5 unspecified atom stereocenters. The van der Waals surface area contributed by atoms with Crippen molar-refractivity contribution in [3.05, 3.63) is 0 Å². The summed E-state index contributed by atoms with van der Waals surface area (Å²) < 4.78 is 5.49. The Hall–Kier alpha value is -0.160. The van der Waals surface area contributed by atoms with E-state index in [9.17, 15) is 10.2 Å². The van der Waals surface area contributed by atoms with Gasteiger partial charge in [-0.25, -0.2) is 0 Å². The van der Waals surface area contributed by atoms with Gasteiger partial charge < -0.3 is 20.1 Å². The van der Waals surface area contributed by atoms with Gasteiger partial charge >= 0.3 is 0 Å². The van der Waals surface area contributed by atoms with Crippen molar-refractivity contribution in [2.75, 3.05) is 6.61 Å². The third-order valence-corrected chi connectivity index (χ3v) is 2.93. The van der Waals surface area contributed by atoms with Crippen molar-refractivity contribution in [2.24, 2.45) is 11.8 Å². The molecule has 4 nitrogen and oxygen atoms in total. The highest BCUT2D eigenvalue weighted by Gasteiger charge is 2.43. The van der Waals surface area contributed by atoms with Crippen LogP contribution in [0.15, 0.2) is 0 Å². The van der Waals surface area contributed by atoms with Crippen molar-refractivity contribution < 1.29 is 20.1 Å². The molecule has 0 aliphatic carbocycles. The molecule has 0 aromatic rings. The first-order valence-electron chi connectivity index (χ1n) is 5.11. The maximum atomic E-state index is 9.84. The summed E-state index contributed by atoms with van der Waals surface area (Å²) in [6.07, 6.45) is -2.20. The molecule has 84 valence electrons. The third-order valence-electron chi connectivity index (χ3n) is 2.93. The van der Waals surface area contributed by atoms with Crippen LogP contribution in [0.5, 0.6) is 0 Å². The fraction of sp³-hybridized carbons (Fsp3) is 1.00. The van der Waals surface area contributed by atoms with Crippen molar-refractivity contribution in [3.63, 3.8) is 0 Å². The quantitative estimate of drug-likeness (QED) is 0.580. The molecule has 1 rings (SSSR count). The smallest absolute Gasteiger partial charge is 0.0880 e. The van der Waals surface area contributed by atoms with Crippen LogP contribution in [0.25, 0.3) is 0 Å². The van der Waals surface area contributed by atoms with E-state index in [0.29, 0.717) is 0 Å². The summed E-state index contributed by atoms with van der Waals surface area (Å²) >= 11 is 0. The molecule has 1 saturated heterocycles. The van der Waals surface area contributed by atoms with Crippen molar-refractivity contribution in [1.82, 2.24) is 0 Å². The molecule has 3 N–H and O–H groups in total. The number of ether oxygens (including phenoxy) is 1. The van der Waals surface area contributed by atoms with E-state index in [2.05, 4.69) is 0 Å². The number of aliphatic hydroxyl groups is 3. The van der Waals surface area contributed by atoms with E-state index in [1.54, 1.807) is 6.92 Å². The zero-order valence-corrected chi connectivity index (χ0v) is 8.92. The molecule has 0 amide bonds. The lowest BCUT2D eigenvalue weighted by Gasteiger charge is -2.42. The molecule has 14 heavy (non-hydrogen) atoms. The monoisotopic (exact) mass is 204 g/mol. The molecule has 1 aliphatic rings. The lowest BCUT2D eigenvalue weighted by molar-refractivity contribution is -0.212.